The number of hydrogen-bond acceptors (Lipinski definition) is 5. The number of carbonyl (C=O) groups excluding carboxylic acids is 1. The Hall–Kier alpha value is -3.18. The summed E-state index contributed by atoms with van der Waals surface area (Å²) in [7, 11) is -3.95. The van der Waals surface area contributed by atoms with E-state index >= 15 is 0 Å². The molecule has 0 bridgehead atoms. The van der Waals surface area contributed by atoms with Gasteiger partial charge in [-0.2, -0.15) is 17.5 Å². The van der Waals surface area contributed by atoms with Crippen molar-refractivity contribution in [3.8, 4) is 11.3 Å². The standard InChI is InChI=1S/C24H21F4N3O3S/c25-18-7-10-20(11-8-18)35(33,34)31-13-1-2-22(31)23(32)12-9-19-14-21(30-15-29-19)16-3-5-17(6-4-16)24(26,27)28/h3-8,10-11,14-15,22H,1-2,9,12-13H2/t22-/m0/s1. The van der Waals surface area contributed by atoms with Crippen LogP contribution in [0.4, 0.5) is 17.6 Å². The van der Waals surface area contributed by atoms with Crippen molar-refractivity contribution in [3.63, 3.8) is 0 Å². The van der Waals surface area contributed by atoms with E-state index in [4.69, 9.17) is 0 Å². The van der Waals surface area contributed by atoms with E-state index < -0.39 is 33.6 Å². The summed E-state index contributed by atoms with van der Waals surface area (Å²) in [5.41, 5.74) is 0.630. The fourth-order valence-corrected chi connectivity index (χ4v) is 5.71. The molecule has 0 aliphatic carbocycles. The summed E-state index contributed by atoms with van der Waals surface area (Å²) in [5.74, 6) is -0.818. The number of aromatic nitrogens is 2. The highest BCUT2D eigenvalue weighted by Crippen LogP contribution is 2.31. The van der Waals surface area contributed by atoms with Gasteiger partial charge in [0.15, 0.2) is 5.78 Å². The van der Waals surface area contributed by atoms with Crippen LogP contribution in [0.15, 0.2) is 65.8 Å². The molecule has 1 aliphatic heterocycles. The average Bonchev–Trinajstić information content (AvgIpc) is 3.34. The van der Waals surface area contributed by atoms with Crippen LogP contribution in [0.5, 0.6) is 0 Å². The predicted octanol–water partition coefficient (Wildman–Crippen LogP) is 4.66. The molecule has 0 amide bonds. The third-order valence-electron chi connectivity index (χ3n) is 5.85. The Bertz CT molecular complexity index is 1310. The maximum absolute atomic E-state index is 13.2. The third-order valence-corrected chi connectivity index (χ3v) is 7.78. The fraction of sp³-hybridized carbons (Fsp3) is 0.292. The number of benzene rings is 2. The molecule has 1 saturated heterocycles. The molecule has 3 aromatic rings. The molecule has 2 aromatic carbocycles. The van der Waals surface area contributed by atoms with E-state index in [0.29, 0.717) is 29.8 Å². The van der Waals surface area contributed by atoms with Gasteiger partial charge in [0.05, 0.1) is 22.2 Å². The van der Waals surface area contributed by atoms with Gasteiger partial charge in [-0.3, -0.25) is 4.79 Å². The van der Waals surface area contributed by atoms with Crippen molar-refractivity contribution >= 4 is 15.8 Å². The molecule has 0 unspecified atom stereocenters. The molecular formula is C24H21F4N3O3S. The molecule has 0 N–H and O–H groups in total. The van der Waals surface area contributed by atoms with Gasteiger partial charge in [0.25, 0.3) is 0 Å². The minimum Gasteiger partial charge on any atom is -0.298 e. The van der Waals surface area contributed by atoms with Crippen molar-refractivity contribution in [1.82, 2.24) is 14.3 Å². The smallest absolute Gasteiger partial charge is 0.298 e. The quantitative estimate of drug-likeness (QED) is 0.435. The lowest BCUT2D eigenvalue weighted by molar-refractivity contribution is -0.137. The van der Waals surface area contributed by atoms with E-state index in [1.165, 1.54) is 30.6 Å². The Kier molecular flexibility index (Phi) is 7.00. The van der Waals surface area contributed by atoms with Gasteiger partial charge in [-0.05, 0) is 61.7 Å². The molecule has 0 spiro atoms. The molecule has 2 heterocycles. The zero-order valence-corrected chi connectivity index (χ0v) is 19.2. The number of halogens is 4. The van der Waals surface area contributed by atoms with Crippen molar-refractivity contribution < 1.29 is 30.8 Å². The fourth-order valence-electron chi connectivity index (χ4n) is 4.03. The molecule has 1 aliphatic rings. The van der Waals surface area contributed by atoms with E-state index in [-0.39, 0.29) is 30.1 Å². The SMILES string of the molecule is O=C(CCc1cc(-c2ccc(C(F)(F)F)cc2)ncn1)[C@@H]1CCCN1S(=O)(=O)c1ccc(F)cc1. The Balaban J connectivity index is 1.44. The van der Waals surface area contributed by atoms with Crippen LogP contribution in [0.2, 0.25) is 0 Å². The second-order valence-electron chi connectivity index (χ2n) is 8.16. The van der Waals surface area contributed by atoms with Crippen molar-refractivity contribution in [2.75, 3.05) is 6.54 Å². The highest BCUT2D eigenvalue weighted by Gasteiger charge is 2.39. The van der Waals surface area contributed by atoms with Gasteiger partial charge in [0.2, 0.25) is 10.0 Å². The number of aryl methyl sites for hydroxylation is 1. The molecule has 1 aromatic heterocycles. The van der Waals surface area contributed by atoms with Gasteiger partial charge in [-0.15, -0.1) is 0 Å². The summed E-state index contributed by atoms with van der Waals surface area (Å²) in [6.45, 7) is 0.196. The monoisotopic (exact) mass is 507 g/mol. The average molecular weight is 508 g/mol. The lowest BCUT2D eigenvalue weighted by Crippen LogP contribution is -2.40. The second kappa shape index (κ2) is 9.82. The highest BCUT2D eigenvalue weighted by atomic mass is 32.2. The largest absolute Gasteiger partial charge is 0.416 e. The van der Waals surface area contributed by atoms with Gasteiger partial charge in [-0.1, -0.05) is 12.1 Å². The Morgan fingerprint density at radius 3 is 2.37 bits per heavy atom. The zero-order chi connectivity index (χ0) is 25.2. The van der Waals surface area contributed by atoms with E-state index in [1.807, 2.05) is 0 Å². The van der Waals surface area contributed by atoms with Gasteiger partial charge in [0, 0.05) is 24.2 Å². The summed E-state index contributed by atoms with van der Waals surface area (Å²) < 4.78 is 78.7. The summed E-state index contributed by atoms with van der Waals surface area (Å²) in [6.07, 6.45) is -2.00. The summed E-state index contributed by atoms with van der Waals surface area (Å²) in [4.78, 5) is 21.1. The van der Waals surface area contributed by atoms with Crippen LogP contribution in [-0.4, -0.2) is 41.1 Å². The Morgan fingerprint density at radius 1 is 1.03 bits per heavy atom. The van der Waals surface area contributed by atoms with E-state index in [9.17, 15) is 30.8 Å². The van der Waals surface area contributed by atoms with Crippen LogP contribution < -0.4 is 0 Å². The van der Waals surface area contributed by atoms with Crippen LogP contribution in [-0.2, 0) is 27.4 Å². The van der Waals surface area contributed by atoms with Gasteiger partial charge in [-0.25, -0.2) is 22.8 Å². The maximum Gasteiger partial charge on any atom is 0.416 e. The summed E-state index contributed by atoms with van der Waals surface area (Å²) in [5, 5.41) is 0. The molecule has 11 heteroatoms. The first kappa shape index (κ1) is 24.9. The van der Waals surface area contributed by atoms with Crippen LogP contribution in [0.1, 0.15) is 30.5 Å². The van der Waals surface area contributed by atoms with Gasteiger partial charge < -0.3 is 0 Å². The topological polar surface area (TPSA) is 80.2 Å². The van der Waals surface area contributed by atoms with Crippen molar-refractivity contribution in [1.29, 1.82) is 0 Å². The van der Waals surface area contributed by atoms with E-state index in [2.05, 4.69) is 9.97 Å². The molecule has 1 atom stereocenters. The molecular weight excluding hydrogens is 486 g/mol. The molecule has 1 fully saturated rings. The number of carbonyl (C=O) groups is 1. The van der Waals surface area contributed by atoms with E-state index in [1.54, 1.807) is 6.07 Å². The Morgan fingerprint density at radius 2 is 1.71 bits per heavy atom. The molecule has 0 radical (unpaired) electrons. The molecule has 0 saturated carbocycles. The predicted molar refractivity (Wildman–Crippen MR) is 119 cm³/mol. The number of nitrogens with zero attached hydrogens (tertiary/aromatic N) is 3. The minimum absolute atomic E-state index is 0.0313. The number of rotatable bonds is 7. The van der Waals surface area contributed by atoms with Gasteiger partial charge in [0.1, 0.15) is 12.1 Å². The maximum atomic E-state index is 13.2. The second-order valence-corrected chi connectivity index (χ2v) is 10.1. The van der Waals surface area contributed by atoms with Crippen LogP contribution >= 0.6 is 0 Å². The molecule has 184 valence electrons. The highest BCUT2D eigenvalue weighted by molar-refractivity contribution is 7.89. The van der Waals surface area contributed by atoms with Gasteiger partial charge >= 0.3 is 6.18 Å². The normalized spacial score (nSPS) is 17.0. The lowest BCUT2D eigenvalue weighted by Gasteiger charge is -2.23. The first-order valence-electron chi connectivity index (χ1n) is 10.8. The molecule has 4 rings (SSSR count). The van der Waals surface area contributed by atoms with Crippen LogP contribution in [0.25, 0.3) is 11.3 Å². The third kappa shape index (κ3) is 5.57. The summed E-state index contributed by atoms with van der Waals surface area (Å²) in [6, 6.07) is 9.81. The van der Waals surface area contributed by atoms with Crippen molar-refractivity contribution in [3.05, 3.63) is 78.0 Å². The van der Waals surface area contributed by atoms with Crippen molar-refractivity contribution in [2.45, 2.75) is 42.8 Å². The number of hydrogen-bond donors (Lipinski definition) is 0. The molecule has 35 heavy (non-hydrogen) atoms. The number of alkyl halides is 3. The summed E-state index contributed by atoms with van der Waals surface area (Å²) >= 11 is 0. The number of Topliss-reactive ketones (excluding diaryl/α,β-unsaturated/α-hetero) is 1. The van der Waals surface area contributed by atoms with E-state index in [0.717, 1.165) is 28.6 Å². The zero-order valence-electron chi connectivity index (χ0n) is 18.4. The minimum atomic E-state index is -4.44. The number of ketones is 1. The first-order valence-corrected chi connectivity index (χ1v) is 12.3. The Labute approximate surface area is 199 Å². The molecule has 6 nitrogen and oxygen atoms in total. The number of sulfonamides is 1. The van der Waals surface area contributed by atoms with Crippen molar-refractivity contribution in [2.24, 2.45) is 0 Å². The first-order chi connectivity index (χ1) is 16.6. The van der Waals surface area contributed by atoms with Crippen LogP contribution in [0, 0.1) is 5.82 Å². The lowest BCUT2D eigenvalue weighted by atomic mass is 10.0. The van der Waals surface area contributed by atoms with Crippen LogP contribution in [0.3, 0.4) is 0 Å².